The van der Waals surface area contributed by atoms with Crippen LogP contribution in [-0.2, 0) is 0 Å². The van der Waals surface area contributed by atoms with Gasteiger partial charge in [0, 0.05) is 23.7 Å². The number of piperidine rings is 1. The van der Waals surface area contributed by atoms with Gasteiger partial charge in [-0.1, -0.05) is 15.3 Å². The molecule has 0 spiro atoms. The molecule has 1 aliphatic carbocycles. The highest BCUT2D eigenvalue weighted by atomic mass is 31.0. The van der Waals surface area contributed by atoms with Gasteiger partial charge < -0.3 is 4.90 Å². The highest BCUT2D eigenvalue weighted by Gasteiger charge is 2.40. The zero-order chi connectivity index (χ0) is 21.8. The summed E-state index contributed by atoms with van der Waals surface area (Å²) < 4.78 is 17.0. The zero-order valence-corrected chi connectivity index (χ0v) is 18.3. The smallest absolute Gasteiger partial charge is 0.254 e. The van der Waals surface area contributed by atoms with Gasteiger partial charge in [0.2, 0.25) is 0 Å². The lowest BCUT2D eigenvalue weighted by Gasteiger charge is -2.40. The number of carbonyl (C=O) groups excluding carboxylic acids is 1. The van der Waals surface area contributed by atoms with E-state index in [1.807, 2.05) is 19.1 Å². The van der Waals surface area contributed by atoms with Gasteiger partial charge in [-0.3, -0.25) is 4.79 Å². The van der Waals surface area contributed by atoms with Crippen LogP contribution in [0.2, 0.25) is 0 Å². The Kier molecular flexibility index (Phi) is 4.75. The second kappa shape index (κ2) is 7.35. The van der Waals surface area contributed by atoms with Crippen LogP contribution in [0, 0.1) is 18.3 Å². The Morgan fingerprint density at radius 1 is 1.32 bits per heavy atom. The number of benzene rings is 1. The fraction of sp³-hybridized carbons (Fsp3) is 0.409. The van der Waals surface area contributed by atoms with Crippen LogP contribution < -0.4 is 0 Å². The summed E-state index contributed by atoms with van der Waals surface area (Å²) in [4.78, 5) is 23.3. The van der Waals surface area contributed by atoms with Crippen LogP contribution in [0.4, 0.5) is 4.39 Å². The predicted octanol–water partition coefficient (Wildman–Crippen LogP) is 3.35. The molecule has 2 aliphatic rings. The summed E-state index contributed by atoms with van der Waals surface area (Å²) in [6.07, 6.45) is 3.82. The molecule has 1 saturated carbocycles. The molecule has 2 aromatic heterocycles. The molecule has 1 saturated heterocycles. The predicted molar refractivity (Wildman–Crippen MR) is 115 cm³/mol. The van der Waals surface area contributed by atoms with Crippen molar-refractivity contribution in [2.75, 3.05) is 13.1 Å². The average Bonchev–Trinajstić information content (AvgIpc) is 3.48. The number of carbonyl (C=O) groups is 1. The molecule has 2 fully saturated rings. The maximum Gasteiger partial charge on any atom is 0.254 e. The summed E-state index contributed by atoms with van der Waals surface area (Å²) in [5.41, 5.74) is 3.50. The number of likely N-dealkylation sites (tertiary alicyclic amines) is 1. The number of nitrogens with zero attached hydrogens (tertiary/aromatic N) is 6. The van der Waals surface area contributed by atoms with Gasteiger partial charge in [0.25, 0.3) is 11.7 Å². The molecule has 1 aromatic carbocycles. The molecule has 0 radical (unpaired) electrons. The summed E-state index contributed by atoms with van der Waals surface area (Å²) >= 11 is 0. The van der Waals surface area contributed by atoms with E-state index >= 15 is 4.39 Å². The highest BCUT2D eigenvalue weighted by molar-refractivity contribution is 7.18. The van der Waals surface area contributed by atoms with E-state index in [9.17, 15) is 10.1 Å². The molecule has 3 heterocycles. The van der Waals surface area contributed by atoms with Crippen LogP contribution in [0.1, 0.15) is 64.0 Å². The normalized spacial score (nSPS) is 23.7. The summed E-state index contributed by atoms with van der Waals surface area (Å²) in [5.74, 6) is 0.339. The van der Waals surface area contributed by atoms with Crippen LogP contribution in [0.15, 0.2) is 30.6 Å². The number of hydrogen-bond donors (Lipinski definition) is 0. The lowest BCUT2D eigenvalue weighted by molar-refractivity contribution is 0.0543. The quantitative estimate of drug-likeness (QED) is 0.588. The van der Waals surface area contributed by atoms with E-state index in [1.54, 1.807) is 16.6 Å². The number of rotatable bonds is 3. The molecule has 0 N–H and O–H groups in total. The van der Waals surface area contributed by atoms with Gasteiger partial charge in [0.15, 0.2) is 0 Å². The Morgan fingerprint density at radius 2 is 2.13 bits per heavy atom. The number of aromatic nitrogens is 4. The number of aryl methyl sites for hydroxylation is 1. The van der Waals surface area contributed by atoms with Gasteiger partial charge in [-0.25, -0.2) is 13.9 Å². The topological polar surface area (TPSA) is 87.2 Å². The standard InChI is InChI=1S/C22H22FN6OP/c1-13-6-19(29-21(27-13)25-12-26-29)17-8-22(23,31)11-28(10-17)20(30)15-4-5-18(14-2-3-14)16(7-15)9-24/h4-7,12,14,17H,2-3,8,10-11,31H2,1H3/t17-,22?/m0/s1. The highest BCUT2D eigenvalue weighted by Crippen LogP contribution is 2.42. The number of nitriles is 1. The fourth-order valence-corrected chi connectivity index (χ4v) is 5.01. The minimum atomic E-state index is -1.63. The Bertz CT molecular complexity index is 1230. The molecule has 1 aliphatic heterocycles. The first-order valence-electron chi connectivity index (χ1n) is 10.3. The van der Waals surface area contributed by atoms with E-state index < -0.39 is 5.41 Å². The van der Waals surface area contributed by atoms with Crippen molar-refractivity contribution in [3.05, 3.63) is 58.7 Å². The summed E-state index contributed by atoms with van der Waals surface area (Å²) in [6, 6.07) is 9.37. The molecular weight excluding hydrogens is 414 g/mol. The van der Waals surface area contributed by atoms with Crippen LogP contribution >= 0.6 is 9.24 Å². The molecule has 31 heavy (non-hydrogen) atoms. The van der Waals surface area contributed by atoms with Crippen LogP contribution in [-0.4, -0.2) is 48.9 Å². The van der Waals surface area contributed by atoms with Crippen molar-refractivity contribution in [1.29, 1.82) is 5.26 Å². The first-order valence-corrected chi connectivity index (χ1v) is 10.9. The molecule has 0 bridgehead atoms. The van der Waals surface area contributed by atoms with Gasteiger partial charge in [0.1, 0.15) is 11.7 Å². The van der Waals surface area contributed by atoms with E-state index in [4.69, 9.17) is 0 Å². The van der Waals surface area contributed by atoms with Crippen molar-refractivity contribution in [2.24, 2.45) is 0 Å². The van der Waals surface area contributed by atoms with Crippen molar-refractivity contribution in [2.45, 2.75) is 43.4 Å². The van der Waals surface area contributed by atoms with E-state index in [0.29, 0.717) is 29.4 Å². The molecule has 3 aromatic rings. The van der Waals surface area contributed by atoms with Gasteiger partial charge >= 0.3 is 0 Å². The first-order chi connectivity index (χ1) is 14.8. The van der Waals surface area contributed by atoms with Gasteiger partial charge in [-0.05, 0) is 55.9 Å². The van der Waals surface area contributed by atoms with E-state index in [0.717, 1.165) is 29.8 Å². The Labute approximate surface area is 181 Å². The SMILES string of the molecule is Cc1cc([C@@H]2CN(C(=O)c3ccc(C4CC4)c(C#N)c3)CC(F)(P)C2)n2ncnc2n1. The number of hydrogen-bond acceptors (Lipinski definition) is 5. The molecule has 7 nitrogen and oxygen atoms in total. The second-order valence-electron chi connectivity index (χ2n) is 8.60. The second-order valence-corrected chi connectivity index (χ2v) is 9.64. The molecule has 3 atom stereocenters. The van der Waals surface area contributed by atoms with E-state index in [1.165, 1.54) is 11.2 Å². The van der Waals surface area contributed by atoms with Crippen molar-refractivity contribution in [1.82, 2.24) is 24.5 Å². The van der Waals surface area contributed by atoms with E-state index in [-0.39, 0.29) is 24.8 Å². The van der Waals surface area contributed by atoms with Gasteiger partial charge in [0.05, 0.1) is 23.9 Å². The fourth-order valence-electron chi connectivity index (χ4n) is 4.51. The van der Waals surface area contributed by atoms with E-state index in [2.05, 4.69) is 30.4 Å². The van der Waals surface area contributed by atoms with Crippen LogP contribution in [0.3, 0.4) is 0 Å². The molecule has 2 unspecified atom stereocenters. The minimum absolute atomic E-state index is 0.0240. The average molecular weight is 436 g/mol. The first kappa shape index (κ1) is 20.0. The number of halogens is 1. The molecule has 1 amide bonds. The van der Waals surface area contributed by atoms with Crippen molar-refractivity contribution in [3.63, 3.8) is 0 Å². The van der Waals surface area contributed by atoms with Crippen molar-refractivity contribution in [3.8, 4) is 6.07 Å². The largest absolute Gasteiger partial charge is 0.334 e. The van der Waals surface area contributed by atoms with Crippen LogP contribution in [0.5, 0.6) is 0 Å². The Morgan fingerprint density at radius 3 is 2.87 bits per heavy atom. The number of fused-ring (bicyclic) bond motifs is 1. The summed E-state index contributed by atoms with van der Waals surface area (Å²) in [5, 5.41) is 12.1. The number of alkyl halides is 1. The van der Waals surface area contributed by atoms with Crippen LogP contribution in [0.25, 0.3) is 5.78 Å². The Balaban J connectivity index is 1.47. The Hall–Kier alpha value is -2.91. The van der Waals surface area contributed by atoms with Crippen molar-refractivity contribution >= 4 is 20.9 Å². The van der Waals surface area contributed by atoms with Gasteiger partial charge in [-0.15, -0.1) is 0 Å². The third kappa shape index (κ3) is 3.79. The lowest BCUT2D eigenvalue weighted by Crippen LogP contribution is -2.48. The third-order valence-corrected chi connectivity index (χ3v) is 6.45. The number of amides is 1. The monoisotopic (exact) mass is 436 g/mol. The lowest BCUT2D eigenvalue weighted by atomic mass is 9.91. The maximum atomic E-state index is 15.3. The van der Waals surface area contributed by atoms with Crippen molar-refractivity contribution < 1.29 is 9.18 Å². The molecule has 158 valence electrons. The minimum Gasteiger partial charge on any atom is -0.334 e. The summed E-state index contributed by atoms with van der Waals surface area (Å²) in [7, 11) is 2.26. The molecule has 9 heteroatoms. The zero-order valence-electron chi connectivity index (χ0n) is 17.1. The maximum absolute atomic E-state index is 15.3. The third-order valence-electron chi connectivity index (χ3n) is 6.03. The van der Waals surface area contributed by atoms with Gasteiger partial charge in [-0.2, -0.15) is 15.3 Å². The molecular formula is C22H22FN6OP. The summed E-state index contributed by atoms with van der Waals surface area (Å²) in [6.45, 7) is 2.19. The molecule has 5 rings (SSSR count).